The molecule has 2 heterocycles. The van der Waals surface area contributed by atoms with Crippen molar-refractivity contribution in [3.05, 3.63) is 52.9 Å². The van der Waals surface area contributed by atoms with Crippen LogP contribution in [0.5, 0.6) is 11.8 Å². The van der Waals surface area contributed by atoms with Gasteiger partial charge in [0.15, 0.2) is 11.6 Å². The van der Waals surface area contributed by atoms with Crippen molar-refractivity contribution in [3.8, 4) is 11.8 Å². The van der Waals surface area contributed by atoms with E-state index in [1.807, 2.05) is 64.2 Å². The molecule has 0 atom stereocenters. The number of guanidine groups is 1. The van der Waals surface area contributed by atoms with Crippen molar-refractivity contribution in [1.29, 1.82) is 0 Å². The van der Waals surface area contributed by atoms with Crippen LogP contribution in [0.25, 0.3) is 6.08 Å². The second kappa shape index (κ2) is 10.1. The highest BCUT2D eigenvalue weighted by Crippen LogP contribution is 2.34. The number of aromatic nitrogens is 2. The molecule has 2 aromatic rings. The van der Waals surface area contributed by atoms with Crippen LogP contribution < -0.4 is 15.0 Å². The molecule has 0 amide bonds. The first-order valence-electron chi connectivity index (χ1n) is 11.3. The molecule has 0 bridgehead atoms. The number of aliphatic imine (C=N–C) groups is 2. The van der Waals surface area contributed by atoms with Crippen LogP contribution in [0.4, 0.5) is 16.0 Å². The van der Waals surface area contributed by atoms with Gasteiger partial charge < -0.3 is 19.9 Å². The summed E-state index contributed by atoms with van der Waals surface area (Å²) < 4.78 is 21.0. The molecule has 178 valence electrons. The number of nitrogens with one attached hydrogen (secondary N) is 1. The molecule has 4 rings (SSSR count). The number of hydrogen-bond donors (Lipinski definition) is 1. The zero-order valence-electron chi connectivity index (χ0n) is 20.3. The Morgan fingerprint density at radius 2 is 2.00 bits per heavy atom. The predicted molar refractivity (Wildman–Crippen MR) is 136 cm³/mol. The van der Waals surface area contributed by atoms with Gasteiger partial charge in [0, 0.05) is 31.8 Å². The first-order valence-corrected chi connectivity index (χ1v) is 11.3. The third-order valence-electron chi connectivity index (χ3n) is 5.50. The Bertz CT molecular complexity index is 1200. The fraction of sp³-hybridized carbons (Fsp3) is 0.360. The molecule has 0 spiro atoms. The van der Waals surface area contributed by atoms with Crippen LogP contribution >= 0.6 is 0 Å². The molecule has 0 fully saturated rings. The van der Waals surface area contributed by atoms with Gasteiger partial charge in [0.1, 0.15) is 11.6 Å². The topological polar surface area (TPSA) is 78.2 Å². The summed E-state index contributed by atoms with van der Waals surface area (Å²) in [4.78, 5) is 22.0. The Kier molecular flexibility index (Phi) is 7.02. The number of ether oxygens (including phenoxy) is 1. The highest BCUT2D eigenvalue weighted by molar-refractivity contribution is 6.12. The van der Waals surface area contributed by atoms with Crippen LogP contribution in [0.2, 0.25) is 0 Å². The maximum atomic E-state index is 15.1. The summed E-state index contributed by atoms with van der Waals surface area (Å²) in [5.74, 6) is 1.26. The van der Waals surface area contributed by atoms with E-state index in [1.165, 1.54) is 0 Å². The fourth-order valence-corrected chi connectivity index (χ4v) is 3.71. The maximum absolute atomic E-state index is 15.1. The molecule has 1 aromatic heterocycles. The lowest BCUT2D eigenvalue weighted by Crippen LogP contribution is -2.29. The molecule has 1 aliphatic heterocycles. The minimum Gasteiger partial charge on any atom is -0.421 e. The van der Waals surface area contributed by atoms with Crippen molar-refractivity contribution < 1.29 is 9.13 Å². The van der Waals surface area contributed by atoms with Gasteiger partial charge in [0.05, 0.1) is 12.3 Å². The van der Waals surface area contributed by atoms with Gasteiger partial charge in [-0.25, -0.2) is 14.4 Å². The Morgan fingerprint density at radius 3 is 2.76 bits per heavy atom. The van der Waals surface area contributed by atoms with Gasteiger partial charge in [-0.15, -0.1) is 0 Å². The van der Waals surface area contributed by atoms with Crippen molar-refractivity contribution >= 4 is 29.4 Å². The Morgan fingerprint density at radius 1 is 1.18 bits per heavy atom. The van der Waals surface area contributed by atoms with E-state index in [2.05, 4.69) is 30.2 Å². The van der Waals surface area contributed by atoms with E-state index in [1.54, 1.807) is 12.1 Å². The molecule has 8 nitrogen and oxygen atoms in total. The van der Waals surface area contributed by atoms with Crippen LogP contribution in [0, 0.1) is 5.82 Å². The Labute approximate surface area is 199 Å². The summed E-state index contributed by atoms with van der Waals surface area (Å²) in [6, 6.07) is 5.37. The first-order chi connectivity index (χ1) is 16.3. The van der Waals surface area contributed by atoms with E-state index in [-0.39, 0.29) is 11.8 Å². The number of nitrogens with zero attached hydrogens (tertiary/aromatic N) is 6. The average molecular weight is 464 g/mol. The van der Waals surface area contributed by atoms with E-state index in [0.29, 0.717) is 29.7 Å². The molecule has 34 heavy (non-hydrogen) atoms. The van der Waals surface area contributed by atoms with Crippen LogP contribution in [0.3, 0.4) is 0 Å². The number of hydrogen-bond acceptors (Lipinski definition) is 8. The number of anilines is 2. The molecule has 9 heteroatoms. The largest absolute Gasteiger partial charge is 0.421 e. The normalized spacial score (nSPS) is 14.9. The van der Waals surface area contributed by atoms with Crippen LogP contribution in [0.15, 0.2) is 45.9 Å². The SMILES string of the molecule is C/C=C/C1=NC(Nc2cc(N(C)CCN(C)C)nc(Oc3ccc4c(c3F)C=C(C)C4)n2)=NC1. The van der Waals surface area contributed by atoms with Gasteiger partial charge in [-0.3, -0.25) is 0 Å². The van der Waals surface area contributed by atoms with Crippen molar-refractivity contribution in [3.63, 3.8) is 0 Å². The standard InChI is InChI=1S/C25H30FN7O/c1-6-7-18-15-27-24(28-18)29-21-14-22(33(5)11-10-32(3)4)31-25(30-21)34-20-9-8-17-12-16(2)13-19(17)23(20)26/h6-9,13-14H,10-12,15H2,1-5H3,(H,27,29,30,31)/b7-6+. The Balaban J connectivity index is 1.63. The summed E-state index contributed by atoms with van der Waals surface area (Å²) in [5, 5.41) is 3.13. The maximum Gasteiger partial charge on any atom is 0.326 e. The zero-order chi connectivity index (χ0) is 24.2. The van der Waals surface area contributed by atoms with Gasteiger partial charge in [-0.1, -0.05) is 23.8 Å². The summed E-state index contributed by atoms with van der Waals surface area (Å²) in [6.45, 7) is 6.01. The van der Waals surface area contributed by atoms with E-state index in [9.17, 15) is 0 Å². The van der Waals surface area contributed by atoms with Gasteiger partial charge in [-0.2, -0.15) is 9.97 Å². The number of benzene rings is 1. The van der Waals surface area contributed by atoms with Crippen LogP contribution in [-0.2, 0) is 6.42 Å². The molecule has 0 saturated heterocycles. The van der Waals surface area contributed by atoms with Crippen molar-refractivity contribution in [2.24, 2.45) is 9.98 Å². The highest BCUT2D eigenvalue weighted by Gasteiger charge is 2.20. The van der Waals surface area contributed by atoms with Crippen LogP contribution in [0.1, 0.15) is 25.0 Å². The molecular formula is C25H30FN7O. The lowest BCUT2D eigenvalue weighted by atomic mass is 10.1. The second-order valence-electron chi connectivity index (χ2n) is 8.71. The van der Waals surface area contributed by atoms with E-state index < -0.39 is 5.82 Å². The second-order valence-corrected chi connectivity index (χ2v) is 8.71. The zero-order valence-corrected chi connectivity index (χ0v) is 20.3. The molecule has 0 unspecified atom stereocenters. The lowest BCUT2D eigenvalue weighted by molar-refractivity contribution is 0.407. The Hall–Kier alpha value is -3.59. The molecule has 2 aliphatic rings. The lowest BCUT2D eigenvalue weighted by Gasteiger charge is -2.21. The molecule has 0 saturated carbocycles. The van der Waals surface area contributed by atoms with Crippen molar-refractivity contribution in [1.82, 2.24) is 14.9 Å². The number of likely N-dealkylation sites (N-methyl/N-ethyl adjacent to an activating group) is 2. The highest BCUT2D eigenvalue weighted by atomic mass is 19.1. The van der Waals surface area contributed by atoms with Gasteiger partial charge >= 0.3 is 6.01 Å². The number of allylic oxidation sites excluding steroid dienone is 2. The molecular weight excluding hydrogens is 433 g/mol. The average Bonchev–Trinajstić information content (AvgIpc) is 3.40. The first kappa shape index (κ1) is 23.6. The van der Waals surface area contributed by atoms with Crippen molar-refractivity contribution in [2.75, 3.05) is 51.0 Å². The van der Waals surface area contributed by atoms with Gasteiger partial charge in [0.25, 0.3) is 0 Å². The number of rotatable bonds is 8. The van der Waals surface area contributed by atoms with Crippen molar-refractivity contribution in [2.45, 2.75) is 20.3 Å². The van der Waals surface area contributed by atoms with E-state index >= 15 is 4.39 Å². The molecule has 1 N–H and O–H groups in total. The summed E-state index contributed by atoms with van der Waals surface area (Å²) in [5.41, 5.74) is 3.51. The summed E-state index contributed by atoms with van der Waals surface area (Å²) in [6.07, 6.45) is 6.45. The third-order valence-corrected chi connectivity index (χ3v) is 5.50. The minimum absolute atomic E-state index is 0.0468. The van der Waals surface area contributed by atoms with Gasteiger partial charge in [-0.05, 0) is 52.1 Å². The molecule has 0 radical (unpaired) electrons. The van der Waals surface area contributed by atoms with Gasteiger partial charge in [0.2, 0.25) is 5.96 Å². The van der Waals surface area contributed by atoms with Crippen LogP contribution in [-0.4, -0.2) is 67.3 Å². The quantitative estimate of drug-likeness (QED) is 0.633. The minimum atomic E-state index is -0.403. The van der Waals surface area contributed by atoms with E-state index in [0.717, 1.165) is 36.4 Å². The predicted octanol–water partition coefficient (Wildman–Crippen LogP) is 4.16. The smallest absolute Gasteiger partial charge is 0.326 e. The monoisotopic (exact) mass is 463 g/mol. The molecule has 1 aliphatic carbocycles. The summed E-state index contributed by atoms with van der Waals surface area (Å²) >= 11 is 0. The van der Waals surface area contributed by atoms with E-state index in [4.69, 9.17) is 4.74 Å². The number of fused-ring (bicyclic) bond motifs is 1. The number of halogens is 1. The third kappa shape index (κ3) is 5.48. The molecule has 1 aromatic carbocycles. The summed E-state index contributed by atoms with van der Waals surface area (Å²) in [7, 11) is 5.97. The fourth-order valence-electron chi connectivity index (χ4n) is 3.71.